The fourth-order valence-corrected chi connectivity index (χ4v) is 7.60. The molecule has 3 unspecified atom stereocenters. The first-order chi connectivity index (χ1) is 16.9. The zero-order valence-corrected chi connectivity index (χ0v) is 21.9. The SMILES string of the molecule is C=CCOC(=O)[C@H]1[C@@H]2OC3(CC2Br)C(C(=O)N(CC=C)C2CCCCC2)N(CCCCO)C(=O)[C@H]13. The van der Waals surface area contributed by atoms with Crippen molar-refractivity contribution in [3.63, 3.8) is 0 Å². The van der Waals surface area contributed by atoms with Crippen molar-refractivity contribution in [3.05, 3.63) is 25.3 Å². The Kier molecular flexibility index (Phi) is 8.38. The molecular formula is C26H37BrN2O6. The lowest BCUT2D eigenvalue weighted by Crippen LogP contribution is -2.58. The fraction of sp³-hybridized carbons (Fsp3) is 0.731. The maximum absolute atomic E-state index is 14.3. The molecule has 8 nitrogen and oxygen atoms in total. The minimum Gasteiger partial charge on any atom is -0.461 e. The zero-order valence-electron chi connectivity index (χ0n) is 20.3. The average molecular weight is 553 g/mol. The van der Waals surface area contributed by atoms with Gasteiger partial charge in [-0.25, -0.2) is 0 Å². The average Bonchev–Trinajstić information content (AvgIpc) is 3.45. The number of alkyl halides is 1. The van der Waals surface area contributed by atoms with Crippen LogP contribution in [0.1, 0.15) is 51.4 Å². The number of likely N-dealkylation sites (tertiary alicyclic amines) is 1. The highest BCUT2D eigenvalue weighted by molar-refractivity contribution is 9.09. The molecule has 0 aromatic rings. The number of hydrogen-bond donors (Lipinski definition) is 1. The number of aliphatic hydroxyl groups excluding tert-OH is 1. The summed E-state index contributed by atoms with van der Waals surface area (Å²) in [5.74, 6) is -2.39. The molecule has 4 rings (SSSR count). The topological polar surface area (TPSA) is 96.4 Å². The minimum atomic E-state index is -1.09. The molecule has 4 aliphatic rings. The van der Waals surface area contributed by atoms with E-state index in [0.29, 0.717) is 32.4 Å². The molecule has 0 aromatic heterocycles. The van der Waals surface area contributed by atoms with Gasteiger partial charge in [-0.15, -0.1) is 6.58 Å². The number of aliphatic hydroxyl groups is 1. The largest absolute Gasteiger partial charge is 0.461 e. The molecular weight excluding hydrogens is 516 g/mol. The molecule has 2 bridgehead atoms. The summed E-state index contributed by atoms with van der Waals surface area (Å²) in [7, 11) is 0. The Balaban J connectivity index is 1.71. The number of ether oxygens (including phenoxy) is 2. The van der Waals surface area contributed by atoms with Crippen molar-refractivity contribution in [1.29, 1.82) is 0 Å². The number of esters is 1. The summed E-state index contributed by atoms with van der Waals surface area (Å²) in [6, 6.07) is -0.714. The summed E-state index contributed by atoms with van der Waals surface area (Å²) < 4.78 is 11.9. The molecule has 35 heavy (non-hydrogen) atoms. The van der Waals surface area contributed by atoms with E-state index in [0.717, 1.165) is 25.7 Å². The molecule has 3 aliphatic heterocycles. The second-order valence-corrected chi connectivity index (χ2v) is 11.3. The summed E-state index contributed by atoms with van der Waals surface area (Å²) in [6.45, 7) is 8.28. The third-order valence-corrected chi connectivity index (χ3v) is 8.91. The summed E-state index contributed by atoms with van der Waals surface area (Å²) in [6.07, 6.45) is 9.44. The number of nitrogens with zero attached hydrogens (tertiary/aromatic N) is 2. The maximum Gasteiger partial charge on any atom is 0.312 e. The van der Waals surface area contributed by atoms with Gasteiger partial charge in [-0.2, -0.15) is 0 Å². The van der Waals surface area contributed by atoms with Crippen LogP contribution in [0.3, 0.4) is 0 Å². The van der Waals surface area contributed by atoms with Gasteiger partial charge < -0.3 is 24.4 Å². The fourth-order valence-electron chi connectivity index (χ4n) is 6.66. The molecule has 194 valence electrons. The van der Waals surface area contributed by atoms with Gasteiger partial charge >= 0.3 is 5.97 Å². The van der Waals surface area contributed by atoms with Crippen molar-refractivity contribution in [2.45, 2.75) is 80.0 Å². The van der Waals surface area contributed by atoms with Crippen molar-refractivity contribution in [2.75, 3.05) is 26.3 Å². The second kappa shape index (κ2) is 11.1. The van der Waals surface area contributed by atoms with Crippen LogP contribution in [-0.2, 0) is 23.9 Å². The first kappa shape index (κ1) is 26.4. The van der Waals surface area contributed by atoms with E-state index in [1.807, 2.05) is 4.90 Å². The van der Waals surface area contributed by atoms with Crippen molar-refractivity contribution < 1.29 is 29.0 Å². The van der Waals surface area contributed by atoms with Gasteiger partial charge in [-0.1, -0.05) is 53.9 Å². The Morgan fingerprint density at radius 3 is 2.63 bits per heavy atom. The normalized spacial score (nSPS) is 34.1. The van der Waals surface area contributed by atoms with E-state index in [-0.39, 0.29) is 35.9 Å². The lowest BCUT2D eigenvalue weighted by atomic mass is 9.70. The number of halogens is 1. The number of carbonyl (C=O) groups is 3. The van der Waals surface area contributed by atoms with E-state index >= 15 is 0 Å². The Hall–Kier alpha value is -1.71. The quantitative estimate of drug-likeness (QED) is 0.183. The van der Waals surface area contributed by atoms with Gasteiger partial charge in [0.2, 0.25) is 11.8 Å². The van der Waals surface area contributed by atoms with Gasteiger partial charge in [0.25, 0.3) is 0 Å². The van der Waals surface area contributed by atoms with Gasteiger partial charge in [-0.3, -0.25) is 14.4 Å². The molecule has 4 fully saturated rings. The summed E-state index contributed by atoms with van der Waals surface area (Å²) >= 11 is 3.67. The highest BCUT2D eigenvalue weighted by Gasteiger charge is 2.77. The van der Waals surface area contributed by atoms with Crippen molar-refractivity contribution in [3.8, 4) is 0 Å². The van der Waals surface area contributed by atoms with Crippen LogP contribution in [0, 0.1) is 11.8 Å². The second-order valence-electron chi connectivity index (χ2n) is 10.1. The monoisotopic (exact) mass is 552 g/mol. The number of fused-ring (bicyclic) bond motifs is 1. The van der Waals surface area contributed by atoms with Gasteiger partial charge in [-0.05, 0) is 32.1 Å². The molecule has 6 atom stereocenters. The summed E-state index contributed by atoms with van der Waals surface area (Å²) in [5.41, 5.74) is -1.09. The summed E-state index contributed by atoms with van der Waals surface area (Å²) in [4.78, 5) is 44.6. The Labute approximate surface area is 215 Å². The number of hydrogen-bond acceptors (Lipinski definition) is 6. The van der Waals surface area contributed by atoms with Gasteiger partial charge in [0, 0.05) is 30.6 Å². The Bertz CT molecular complexity index is 846. The lowest BCUT2D eigenvalue weighted by Gasteiger charge is -2.41. The van der Waals surface area contributed by atoms with Crippen LogP contribution in [0.25, 0.3) is 0 Å². The third kappa shape index (κ3) is 4.60. The zero-order chi connectivity index (χ0) is 25.2. The van der Waals surface area contributed by atoms with E-state index in [4.69, 9.17) is 9.47 Å². The van der Waals surface area contributed by atoms with Crippen LogP contribution < -0.4 is 0 Å². The molecule has 2 amide bonds. The van der Waals surface area contributed by atoms with Crippen LogP contribution >= 0.6 is 15.9 Å². The predicted octanol–water partition coefficient (Wildman–Crippen LogP) is 2.58. The van der Waals surface area contributed by atoms with E-state index in [2.05, 4.69) is 29.1 Å². The molecule has 0 radical (unpaired) electrons. The van der Waals surface area contributed by atoms with Crippen LogP contribution in [-0.4, -0.2) is 87.6 Å². The van der Waals surface area contributed by atoms with Crippen LogP contribution in [0.4, 0.5) is 0 Å². The maximum atomic E-state index is 14.3. The minimum absolute atomic E-state index is 0.0123. The molecule has 1 saturated carbocycles. The summed E-state index contributed by atoms with van der Waals surface area (Å²) in [5, 5.41) is 9.32. The van der Waals surface area contributed by atoms with Crippen molar-refractivity contribution >= 4 is 33.7 Å². The molecule has 1 spiro atoms. The van der Waals surface area contributed by atoms with Crippen molar-refractivity contribution in [1.82, 2.24) is 9.80 Å². The van der Waals surface area contributed by atoms with Gasteiger partial charge in [0.05, 0.1) is 17.9 Å². The standard InChI is InChI=1S/C26H37BrN2O6/c1-3-12-28(17-10-6-5-7-11-17)24(32)22-26-16-18(27)21(35-26)19(25(33)34-15-4-2)20(26)23(31)29(22)13-8-9-14-30/h3-4,17-22,30H,1-2,5-16H2/t18?,19-,20+,21-,22?,26?/m1/s1. The Morgan fingerprint density at radius 1 is 1.23 bits per heavy atom. The third-order valence-electron chi connectivity index (χ3n) is 8.07. The first-order valence-corrected chi connectivity index (χ1v) is 13.7. The van der Waals surface area contributed by atoms with Gasteiger partial charge in [0.15, 0.2) is 0 Å². The number of carbonyl (C=O) groups excluding carboxylic acids is 3. The predicted molar refractivity (Wildman–Crippen MR) is 134 cm³/mol. The molecule has 9 heteroatoms. The lowest BCUT2D eigenvalue weighted by molar-refractivity contribution is -0.154. The highest BCUT2D eigenvalue weighted by Crippen LogP contribution is 2.60. The number of amides is 2. The highest BCUT2D eigenvalue weighted by atomic mass is 79.9. The Morgan fingerprint density at radius 2 is 1.97 bits per heavy atom. The van der Waals surface area contributed by atoms with Crippen LogP contribution in [0.5, 0.6) is 0 Å². The van der Waals surface area contributed by atoms with E-state index < -0.39 is 35.6 Å². The molecule has 1 N–H and O–H groups in total. The molecule has 3 heterocycles. The van der Waals surface area contributed by atoms with E-state index in [1.165, 1.54) is 12.5 Å². The van der Waals surface area contributed by atoms with E-state index in [9.17, 15) is 19.5 Å². The molecule has 0 aromatic carbocycles. The number of unbranched alkanes of at least 4 members (excludes halogenated alkanes) is 1. The first-order valence-electron chi connectivity index (χ1n) is 12.8. The van der Waals surface area contributed by atoms with Crippen molar-refractivity contribution in [2.24, 2.45) is 11.8 Å². The van der Waals surface area contributed by atoms with Crippen LogP contribution in [0.2, 0.25) is 0 Å². The van der Waals surface area contributed by atoms with E-state index in [1.54, 1.807) is 11.0 Å². The van der Waals surface area contributed by atoms with Gasteiger partial charge in [0.1, 0.15) is 18.2 Å². The smallest absolute Gasteiger partial charge is 0.312 e. The van der Waals surface area contributed by atoms with Crippen LogP contribution in [0.15, 0.2) is 25.3 Å². The number of rotatable bonds is 11. The molecule has 1 aliphatic carbocycles. The molecule has 3 saturated heterocycles.